The van der Waals surface area contributed by atoms with Crippen molar-refractivity contribution in [2.45, 2.75) is 64.5 Å². The molecular weight excluding hydrogens is 297 g/mol. The number of aryl methyl sites for hydroxylation is 1. The molecule has 4 nitrogen and oxygen atoms in total. The smallest absolute Gasteiger partial charge is 0.408 e. The first-order valence-electron chi connectivity index (χ1n) is 7.96. The van der Waals surface area contributed by atoms with Gasteiger partial charge < -0.3 is 10.1 Å². The summed E-state index contributed by atoms with van der Waals surface area (Å²) in [6, 6.07) is 4.92. The van der Waals surface area contributed by atoms with Crippen LogP contribution in [-0.2, 0) is 15.1 Å². The minimum Gasteiger partial charge on any atom is -0.444 e. The third kappa shape index (κ3) is 3.71. The van der Waals surface area contributed by atoms with Gasteiger partial charge in [0.15, 0.2) is 5.78 Å². The monoisotopic (exact) mass is 321 g/mol. The number of hydrogen-bond donors (Lipinski definition) is 1. The summed E-state index contributed by atoms with van der Waals surface area (Å²) >= 11 is 0. The molecule has 1 N–H and O–H groups in total. The number of hydrogen-bond acceptors (Lipinski definition) is 3. The maximum atomic E-state index is 14.6. The van der Waals surface area contributed by atoms with Gasteiger partial charge in [0.2, 0.25) is 0 Å². The van der Waals surface area contributed by atoms with E-state index in [9.17, 15) is 14.0 Å². The zero-order chi connectivity index (χ0) is 17.3. The van der Waals surface area contributed by atoms with E-state index in [0.29, 0.717) is 18.4 Å². The molecule has 5 heteroatoms. The molecule has 1 aromatic rings. The van der Waals surface area contributed by atoms with E-state index in [0.717, 1.165) is 12.8 Å². The van der Waals surface area contributed by atoms with Crippen molar-refractivity contribution in [2.75, 3.05) is 0 Å². The summed E-state index contributed by atoms with van der Waals surface area (Å²) in [4.78, 5) is 24.9. The number of benzene rings is 1. The van der Waals surface area contributed by atoms with Crippen molar-refractivity contribution in [2.24, 2.45) is 0 Å². The van der Waals surface area contributed by atoms with Crippen LogP contribution in [0.4, 0.5) is 9.18 Å². The van der Waals surface area contributed by atoms with Gasteiger partial charge in [-0.15, -0.1) is 0 Å². The Morgan fingerprint density at radius 2 is 2.00 bits per heavy atom. The fourth-order valence-electron chi connectivity index (χ4n) is 2.97. The summed E-state index contributed by atoms with van der Waals surface area (Å²) in [6.45, 7) is 6.88. The molecule has 1 aliphatic carbocycles. The van der Waals surface area contributed by atoms with Crippen LogP contribution in [0.2, 0.25) is 0 Å². The van der Waals surface area contributed by atoms with Crippen molar-refractivity contribution in [3.63, 3.8) is 0 Å². The molecule has 126 valence electrons. The molecule has 0 saturated heterocycles. The topological polar surface area (TPSA) is 55.4 Å². The Morgan fingerprint density at radius 3 is 2.61 bits per heavy atom. The first kappa shape index (κ1) is 17.4. The summed E-state index contributed by atoms with van der Waals surface area (Å²) < 4.78 is 19.9. The number of ketones is 1. The SMILES string of the molecule is Cc1cccc(C2(NC(=O)OC(C)(C)C)CCCCC2=O)c1F. The molecular formula is C18H24FNO3. The molecule has 0 spiro atoms. The van der Waals surface area contributed by atoms with Gasteiger partial charge in [-0.2, -0.15) is 0 Å². The van der Waals surface area contributed by atoms with E-state index in [2.05, 4.69) is 5.32 Å². The highest BCUT2D eigenvalue weighted by atomic mass is 19.1. The van der Waals surface area contributed by atoms with E-state index in [1.165, 1.54) is 0 Å². The molecule has 1 atom stereocenters. The number of carbonyl (C=O) groups is 2. The molecule has 0 radical (unpaired) electrons. The highest BCUT2D eigenvalue weighted by Crippen LogP contribution is 2.37. The van der Waals surface area contributed by atoms with Crippen LogP contribution in [0.15, 0.2) is 18.2 Å². The predicted octanol–water partition coefficient (Wildman–Crippen LogP) is 4.00. The predicted molar refractivity (Wildman–Crippen MR) is 85.7 cm³/mol. The van der Waals surface area contributed by atoms with Gasteiger partial charge in [0, 0.05) is 12.0 Å². The van der Waals surface area contributed by atoms with Crippen LogP contribution in [0.3, 0.4) is 0 Å². The minimum absolute atomic E-state index is 0.167. The summed E-state index contributed by atoms with van der Waals surface area (Å²) in [6.07, 6.45) is 1.50. The Labute approximate surface area is 136 Å². The summed E-state index contributed by atoms with van der Waals surface area (Å²) in [5, 5.41) is 2.67. The highest BCUT2D eigenvalue weighted by Gasteiger charge is 2.45. The number of halogens is 1. The lowest BCUT2D eigenvalue weighted by Gasteiger charge is -2.37. The lowest BCUT2D eigenvalue weighted by atomic mass is 9.75. The van der Waals surface area contributed by atoms with E-state index in [-0.39, 0.29) is 11.3 Å². The summed E-state index contributed by atoms with van der Waals surface area (Å²) in [5.74, 6) is -0.613. The van der Waals surface area contributed by atoms with E-state index in [4.69, 9.17) is 4.74 Å². The van der Waals surface area contributed by atoms with Crippen LogP contribution in [0.1, 0.15) is 57.6 Å². The Morgan fingerprint density at radius 1 is 1.30 bits per heavy atom. The molecule has 1 aromatic carbocycles. The number of rotatable bonds is 2. The van der Waals surface area contributed by atoms with Crippen molar-refractivity contribution < 1.29 is 18.7 Å². The van der Waals surface area contributed by atoms with Gasteiger partial charge in [0.05, 0.1) is 0 Å². The molecule has 0 aromatic heterocycles. The van der Waals surface area contributed by atoms with Gasteiger partial charge in [-0.3, -0.25) is 4.79 Å². The van der Waals surface area contributed by atoms with Crippen LogP contribution < -0.4 is 5.32 Å². The second-order valence-corrected chi connectivity index (χ2v) is 7.10. The van der Waals surface area contributed by atoms with E-state index >= 15 is 0 Å². The molecule has 1 aliphatic rings. The lowest BCUT2D eigenvalue weighted by Crippen LogP contribution is -2.54. The van der Waals surface area contributed by atoms with Gasteiger partial charge >= 0.3 is 6.09 Å². The molecule has 1 unspecified atom stereocenters. The van der Waals surface area contributed by atoms with Crippen molar-refractivity contribution >= 4 is 11.9 Å². The standard InChI is InChI=1S/C18H24FNO3/c1-12-8-7-9-13(15(12)19)18(11-6-5-10-14(18)21)20-16(22)23-17(2,3)4/h7-9H,5-6,10-11H2,1-4H3,(H,20,22). The fourth-order valence-corrected chi connectivity index (χ4v) is 2.97. The van der Waals surface area contributed by atoms with Crippen LogP contribution in [0, 0.1) is 12.7 Å². The Bertz CT molecular complexity index is 621. The maximum Gasteiger partial charge on any atom is 0.408 e. The molecule has 1 saturated carbocycles. The van der Waals surface area contributed by atoms with Gasteiger partial charge in [-0.1, -0.05) is 18.2 Å². The van der Waals surface area contributed by atoms with E-state index in [1.807, 2.05) is 0 Å². The van der Waals surface area contributed by atoms with Crippen LogP contribution in [0.25, 0.3) is 0 Å². The Balaban J connectivity index is 2.43. The number of amides is 1. The zero-order valence-electron chi connectivity index (χ0n) is 14.2. The summed E-state index contributed by atoms with van der Waals surface area (Å²) in [5.41, 5.74) is -1.34. The Hall–Kier alpha value is -1.91. The van der Waals surface area contributed by atoms with Gasteiger partial charge in [-0.25, -0.2) is 9.18 Å². The van der Waals surface area contributed by atoms with Crippen molar-refractivity contribution in [3.8, 4) is 0 Å². The average molecular weight is 321 g/mol. The molecule has 1 amide bonds. The van der Waals surface area contributed by atoms with Crippen molar-refractivity contribution in [3.05, 3.63) is 35.1 Å². The maximum absolute atomic E-state index is 14.6. The first-order valence-corrected chi connectivity index (χ1v) is 7.96. The number of nitrogens with one attached hydrogen (secondary N) is 1. The second-order valence-electron chi connectivity index (χ2n) is 7.10. The van der Waals surface area contributed by atoms with E-state index < -0.39 is 23.1 Å². The number of ether oxygens (including phenoxy) is 1. The third-order valence-corrected chi connectivity index (χ3v) is 4.05. The molecule has 1 fully saturated rings. The first-order chi connectivity index (χ1) is 10.7. The molecule has 23 heavy (non-hydrogen) atoms. The molecule has 0 heterocycles. The number of alkyl carbamates (subject to hydrolysis) is 1. The lowest BCUT2D eigenvalue weighted by molar-refractivity contribution is -0.128. The highest BCUT2D eigenvalue weighted by molar-refractivity contribution is 5.93. The van der Waals surface area contributed by atoms with Crippen molar-refractivity contribution in [1.29, 1.82) is 0 Å². The average Bonchev–Trinajstić information content (AvgIpc) is 2.42. The largest absolute Gasteiger partial charge is 0.444 e. The van der Waals surface area contributed by atoms with Gasteiger partial charge in [-0.05, 0) is 52.5 Å². The molecule has 0 aliphatic heterocycles. The second kappa shape index (κ2) is 6.30. The minimum atomic E-state index is -1.34. The Kier molecular flexibility index (Phi) is 4.78. The van der Waals surface area contributed by atoms with Crippen LogP contribution in [0.5, 0.6) is 0 Å². The fraction of sp³-hybridized carbons (Fsp3) is 0.556. The quantitative estimate of drug-likeness (QED) is 0.896. The third-order valence-electron chi connectivity index (χ3n) is 4.05. The van der Waals surface area contributed by atoms with Crippen LogP contribution in [-0.4, -0.2) is 17.5 Å². The molecule has 2 rings (SSSR count). The summed E-state index contributed by atoms with van der Waals surface area (Å²) in [7, 11) is 0. The van der Waals surface area contributed by atoms with Gasteiger partial charge in [0.1, 0.15) is 17.0 Å². The van der Waals surface area contributed by atoms with Gasteiger partial charge in [0.25, 0.3) is 0 Å². The number of carbonyl (C=O) groups excluding carboxylic acids is 2. The van der Waals surface area contributed by atoms with Crippen LogP contribution >= 0.6 is 0 Å². The number of Topliss-reactive ketones (excluding diaryl/α,β-unsaturated/α-hetero) is 1. The molecule has 0 bridgehead atoms. The van der Waals surface area contributed by atoms with Crippen molar-refractivity contribution in [1.82, 2.24) is 5.32 Å². The normalized spacial score (nSPS) is 21.9. The zero-order valence-corrected chi connectivity index (χ0v) is 14.2. The van der Waals surface area contributed by atoms with E-state index in [1.54, 1.807) is 45.9 Å².